The molecule has 0 aliphatic rings. The zero-order valence-electron chi connectivity index (χ0n) is 12.8. The first kappa shape index (κ1) is 16.4. The second-order valence-electron chi connectivity index (χ2n) is 5.36. The number of anilines is 3. The lowest BCUT2D eigenvalue weighted by atomic mass is 9.92. The maximum Gasteiger partial charge on any atom is 0.148 e. The molecule has 2 aromatic carbocycles. The van der Waals surface area contributed by atoms with Crippen molar-refractivity contribution in [2.24, 2.45) is 5.92 Å². The van der Waals surface area contributed by atoms with Crippen molar-refractivity contribution in [2.45, 2.75) is 20.3 Å². The zero-order valence-corrected chi connectivity index (χ0v) is 13.5. The first-order chi connectivity index (χ1) is 10.4. The number of halogens is 2. The number of allylic oxidation sites excluding steroid dienone is 1. The molecule has 2 nitrogen and oxygen atoms in total. The Bertz CT molecular complexity index is 677. The SMILES string of the molecule is C=C(c1ccc(Nc2c(F)cccc2Cl)cc1N)C(C)CC. The number of rotatable bonds is 5. The summed E-state index contributed by atoms with van der Waals surface area (Å²) in [6.45, 7) is 8.35. The Morgan fingerprint density at radius 2 is 2.09 bits per heavy atom. The quantitative estimate of drug-likeness (QED) is 0.677. The molecule has 0 fully saturated rings. The third-order valence-electron chi connectivity index (χ3n) is 3.84. The lowest BCUT2D eigenvalue weighted by Crippen LogP contribution is -2.02. The lowest BCUT2D eigenvalue weighted by molar-refractivity contribution is 0.632. The molecule has 0 bridgehead atoms. The van der Waals surface area contributed by atoms with Crippen molar-refractivity contribution in [2.75, 3.05) is 11.1 Å². The molecule has 0 aliphatic carbocycles. The van der Waals surface area contributed by atoms with Crippen LogP contribution in [0.5, 0.6) is 0 Å². The van der Waals surface area contributed by atoms with Gasteiger partial charge in [0.2, 0.25) is 0 Å². The van der Waals surface area contributed by atoms with Gasteiger partial charge >= 0.3 is 0 Å². The topological polar surface area (TPSA) is 38.0 Å². The zero-order chi connectivity index (χ0) is 16.3. The van der Waals surface area contributed by atoms with Crippen LogP contribution in [0.4, 0.5) is 21.5 Å². The van der Waals surface area contributed by atoms with E-state index in [0.29, 0.717) is 22.3 Å². The minimum absolute atomic E-state index is 0.247. The van der Waals surface area contributed by atoms with Gasteiger partial charge in [0.05, 0.1) is 10.7 Å². The Morgan fingerprint density at radius 1 is 1.36 bits per heavy atom. The molecule has 1 unspecified atom stereocenters. The van der Waals surface area contributed by atoms with Crippen LogP contribution < -0.4 is 11.1 Å². The first-order valence-electron chi connectivity index (χ1n) is 7.23. The molecule has 0 aromatic heterocycles. The number of hydrogen-bond donors (Lipinski definition) is 2. The Kier molecular flexibility index (Phi) is 5.09. The monoisotopic (exact) mass is 318 g/mol. The van der Waals surface area contributed by atoms with E-state index in [9.17, 15) is 4.39 Å². The summed E-state index contributed by atoms with van der Waals surface area (Å²) in [5.41, 5.74) is 9.60. The van der Waals surface area contributed by atoms with Crippen LogP contribution in [-0.4, -0.2) is 0 Å². The summed E-state index contributed by atoms with van der Waals surface area (Å²) < 4.78 is 13.8. The molecule has 3 N–H and O–H groups in total. The summed E-state index contributed by atoms with van der Waals surface area (Å²) in [6, 6.07) is 10.1. The van der Waals surface area contributed by atoms with Crippen molar-refractivity contribution in [3.05, 3.63) is 59.4 Å². The van der Waals surface area contributed by atoms with Crippen LogP contribution in [0.15, 0.2) is 43.0 Å². The summed E-state index contributed by atoms with van der Waals surface area (Å²) in [6.07, 6.45) is 1.00. The van der Waals surface area contributed by atoms with E-state index in [2.05, 4.69) is 25.7 Å². The molecule has 0 amide bonds. The lowest BCUT2D eigenvalue weighted by Gasteiger charge is -2.16. The molecule has 0 saturated heterocycles. The van der Waals surface area contributed by atoms with E-state index in [4.69, 9.17) is 17.3 Å². The van der Waals surface area contributed by atoms with Gasteiger partial charge in [-0.3, -0.25) is 0 Å². The molecule has 22 heavy (non-hydrogen) atoms. The number of nitrogens with one attached hydrogen (secondary N) is 1. The molecule has 1 atom stereocenters. The summed E-state index contributed by atoms with van der Waals surface area (Å²) >= 11 is 6.01. The highest BCUT2D eigenvalue weighted by molar-refractivity contribution is 6.33. The number of nitrogens with two attached hydrogens (primary N) is 1. The average Bonchev–Trinajstić information content (AvgIpc) is 2.50. The van der Waals surface area contributed by atoms with E-state index < -0.39 is 5.82 Å². The predicted octanol–water partition coefficient (Wildman–Crippen LogP) is 5.86. The Labute approximate surface area is 135 Å². The third-order valence-corrected chi connectivity index (χ3v) is 4.15. The molecule has 0 aliphatic heterocycles. The highest BCUT2D eigenvalue weighted by Crippen LogP contribution is 2.33. The fourth-order valence-electron chi connectivity index (χ4n) is 2.21. The van der Waals surface area contributed by atoms with Gasteiger partial charge in [-0.05, 0) is 42.2 Å². The number of nitrogen functional groups attached to an aromatic ring is 1. The average molecular weight is 319 g/mol. The van der Waals surface area contributed by atoms with Crippen molar-refractivity contribution in [3.8, 4) is 0 Å². The van der Waals surface area contributed by atoms with E-state index >= 15 is 0 Å². The predicted molar refractivity (Wildman–Crippen MR) is 94.0 cm³/mol. The third kappa shape index (κ3) is 3.42. The van der Waals surface area contributed by atoms with Crippen LogP contribution >= 0.6 is 11.6 Å². The van der Waals surface area contributed by atoms with E-state index in [-0.39, 0.29) is 5.69 Å². The highest BCUT2D eigenvalue weighted by Gasteiger charge is 2.12. The standard InChI is InChI=1S/C18H20ClFN2/c1-4-11(2)12(3)14-9-8-13(10-17(14)21)22-18-15(19)6-5-7-16(18)20/h5-11,22H,3-4,21H2,1-2H3. The molecule has 0 radical (unpaired) electrons. The number of benzene rings is 2. The smallest absolute Gasteiger partial charge is 0.148 e. The van der Waals surface area contributed by atoms with Gasteiger partial charge in [0, 0.05) is 16.9 Å². The summed E-state index contributed by atoms with van der Waals surface area (Å²) in [5.74, 6) is -0.0405. The highest BCUT2D eigenvalue weighted by atomic mass is 35.5. The molecule has 2 aromatic rings. The Hall–Kier alpha value is -2.00. The summed E-state index contributed by atoms with van der Waals surface area (Å²) in [5, 5.41) is 3.30. The van der Waals surface area contributed by atoms with Crippen LogP contribution in [0.25, 0.3) is 5.57 Å². The van der Waals surface area contributed by atoms with Crippen molar-refractivity contribution >= 4 is 34.2 Å². The molecule has 0 heterocycles. The van der Waals surface area contributed by atoms with Gasteiger partial charge in [-0.25, -0.2) is 4.39 Å². The molecule has 0 spiro atoms. The molecular weight excluding hydrogens is 299 g/mol. The molecule has 0 saturated carbocycles. The van der Waals surface area contributed by atoms with Gasteiger partial charge in [-0.1, -0.05) is 44.2 Å². The van der Waals surface area contributed by atoms with Crippen molar-refractivity contribution in [3.63, 3.8) is 0 Å². The van der Waals surface area contributed by atoms with Crippen LogP contribution in [0, 0.1) is 11.7 Å². The minimum atomic E-state index is -0.404. The molecule has 4 heteroatoms. The normalized spacial score (nSPS) is 12.0. The minimum Gasteiger partial charge on any atom is -0.398 e. The van der Waals surface area contributed by atoms with Gasteiger partial charge in [0.1, 0.15) is 5.82 Å². The van der Waals surface area contributed by atoms with Gasteiger partial charge in [0.25, 0.3) is 0 Å². The molecule has 2 rings (SSSR count). The second-order valence-corrected chi connectivity index (χ2v) is 5.77. The van der Waals surface area contributed by atoms with Crippen molar-refractivity contribution in [1.29, 1.82) is 0 Å². The Balaban J connectivity index is 2.28. The van der Waals surface area contributed by atoms with E-state index in [1.54, 1.807) is 18.2 Å². The summed E-state index contributed by atoms with van der Waals surface area (Å²) in [4.78, 5) is 0. The van der Waals surface area contributed by atoms with Crippen molar-refractivity contribution in [1.82, 2.24) is 0 Å². The first-order valence-corrected chi connectivity index (χ1v) is 7.61. The maximum absolute atomic E-state index is 13.8. The van der Waals surface area contributed by atoms with Crippen molar-refractivity contribution < 1.29 is 4.39 Å². The van der Waals surface area contributed by atoms with Gasteiger partial charge in [0.15, 0.2) is 0 Å². The van der Waals surface area contributed by atoms with Crippen LogP contribution in [0.3, 0.4) is 0 Å². The van der Waals surface area contributed by atoms with Crippen LogP contribution in [0.1, 0.15) is 25.8 Å². The van der Waals surface area contributed by atoms with Crippen LogP contribution in [-0.2, 0) is 0 Å². The number of hydrogen-bond acceptors (Lipinski definition) is 2. The number of para-hydroxylation sites is 1. The fourth-order valence-corrected chi connectivity index (χ4v) is 2.42. The maximum atomic E-state index is 13.8. The Morgan fingerprint density at radius 3 is 2.68 bits per heavy atom. The molecule has 116 valence electrons. The van der Waals surface area contributed by atoms with E-state index in [1.165, 1.54) is 6.07 Å². The van der Waals surface area contributed by atoms with Gasteiger partial charge < -0.3 is 11.1 Å². The second kappa shape index (κ2) is 6.84. The largest absolute Gasteiger partial charge is 0.398 e. The van der Waals surface area contributed by atoms with Crippen LogP contribution in [0.2, 0.25) is 5.02 Å². The van der Waals surface area contributed by atoms with Gasteiger partial charge in [-0.15, -0.1) is 0 Å². The van der Waals surface area contributed by atoms with E-state index in [1.807, 2.05) is 12.1 Å². The van der Waals surface area contributed by atoms with Gasteiger partial charge in [-0.2, -0.15) is 0 Å². The fraction of sp³-hybridized carbons (Fsp3) is 0.222. The van der Waals surface area contributed by atoms with E-state index in [0.717, 1.165) is 17.6 Å². The summed E-state index contributed by atoms with van der Waals surface area (Å²) in [7, 11) is 0. The molecular formula is C18H20ClFN2.